The van der Waals surface area contributed by atoms with Crippen molar-refractivity contribution in [2.75, 3.05) is 19.7 Å². The highest BCUT2D eigenvalue weighted by molar-refractivity contribution is 5.79. The lowest BCUT2D eigenvalue weighted by Crippen LogP contribution is -2.40. The van der Waals surface area contributed by atoms with E-state index >= 15 is 0 Å². The molecule has 0 saturated carbocycles. The van der Waals surface area contributed by atoms with Crippen LogP contribution in [-0.2, 0) is 6.54 Å². The first-order chi connectivity index (χ1) is 11.0. The van der Waals surface area contributed by atoms with Crippen molar-refractivity contribution in [1.82, 2.24) is 10.6 Å². The van der Waals surface area contributed by atoms with Crippen molar-refractivity contribution in [2.24, 2.45) is 16.8 Å². The molecular weight excluding hydrogens is 286 g/mol. The van der Waals surface area contributed by atoms with Gasteiger partial charge in [0.1, 0.15) is 0 Å². The van der Waals surface area contributed by atoms with Crippen molar-refractivity contribution in [2.45, 2.75) is 47.1 Å². The second-order valence-electron chi connectivity index (χ2n) is 6.57. The molecule has 0 saturated heterocycles. The third-order valence-electron chi connectivity index (χ3n) is 3.78. The van der Waals surface area contributed by atoms with Crippen LogP contribution in [0, 0.1) is 18.8 Å². The molecule has 4 nitrogen and oxygen atoms in total. The number of benzene rings is 1. The summed E-state index contributed by atoms with van der Waals surface area (Å²) in [7, 11) is 0. The molecule has 0 bridgehead atoms. The highest BCUT2D eigenvalue weighted by Gasteiger charge is 2.11. The first-order valence-electron chi connectivity index (χ1n) is 8.73. The number of hydrogen-bond donors (Lipinski definition) is 3. The molecule has 1 atom stereocenters. The summed E-state index contributed by atoms with van der Waals surface area (Å²) in [5.41, 5.74) is 2.48. The van der Waals surface area contributed by atoms with E-state index in [1.54, 1.807) is 0 Å². The molecular formula is C19H33N3O. The van der Waals surface area contributed by atoms with Gasteiger partial charge in [-0.3, -0.25) is 0 Å². The molecule has 1 aromatic rings. The minimum absolute atomic E-state index is 0.246. The molecule has 0 aliphatic rings. The third-order valence-corrected chi connectivity index (χ3v) is 3.78. The van der Waals surface area contributed by atoms with Gasteiger partial charge in [-0.2, -0.15) is 0 Å². The smallest absolute Gasteiger partial charge is 0.191 e. The van der Waals surface area contributed by atoms with Gasteiger partial charge in [-0.1, -0.05) is 43.7 Å². The van der Waals surface area contributed by atoms with Crippen LogP contribution in [0.15, 0.2) is 29.3 Å². The van der Waals surface area contributed by atoms with Gasteiger partial charge in [0.15, 0.2) is 5.96 Å². The Bertz CT molecular complexity index is 454. The topological polar surface area (TPSA) is 56.7 Å². The maximum absolute atomic E-state index is 9.22. The monoisotopic (exact) mass is 319 g/mol. The van der Waals surface area contributed by atoms with Crippen molar-refractivity contribution in [3.63, 3.8) is 0 Å². The van der Waals surface area contributed by atoms with E-state index in [4.69, 9.17) is 0 Å². The quantitative estimate of drug-likeness (QED) is 0.484. The summed E-state index contributed by atoms with van der Waals surface area (Å²) in [6, 6.07) is 8.47. The number of nitrogens with zero attached hydrogens (tertiary/aromatic N) is 1. The van der Waals surface area contributed by atoms with E-state index < -0.39 is 0 Å². The van der Waals surface area contributed by atoms with Crippen LogP contribution < -0.4 is 10.6 Å². The highest BCUT2D eigenvalue weighted by atomic mass is 16.3. The minimum Gasteiger partial charge on any atom is -0.396 e. The lowest BCUT2D eigenvalue weighted by atomic mass is 9.94. The predicted octanol–water partition coefficient (Wildman–Crippen LogP) is 3.09. The molecule has 1 rings (SSSR count). The molecule has 0 aliphatic heterocycles. The van der Waals surface area contributed by atoms with Gasteiger partial charge in [-0.15, -0.1) is 0 Å². The van der Waals surface area contributed by atoms with Crippen LogP contribution in [0.3, 0.4) is 0 Å². The molecule has 3 N–H and O–H groups in total. The molecule has 0 heterocycles. The number of rotatable bonds is 9. The largest absolute Gasteiger partial charge is 0.396 e. The van der Waals surface area contributed by atoms with Crippen molar-refractivity contribution in [3.05, 3.63) is 35.4 Å². The number of hydrogen-bond acceptors (Lipinski definition) is 2. The first kappa shape index (κ1) is 19.5. The molecule has 0 aromatic heterocycles. The van der Waals surface area contributed by atoms with E-state index in [9.17, 15) is 5.11 Å². The van der Waals surface area contributed by atoms with Crippen molar-refractivity contribution in [1.29, 1.82) is 0 Å². The van der Waals surface area contributed by atoms with E-state index in [-0.39, 0.29) is 6.61 Å². The van der Waals surface area contributed by atoms with E-state index in [2.05, 4.69) is 67.6 Å². The zero-order valence-corrected chi connectivity index (χ0v) is 15.1. The van der Waals surface area contributed by atoms with Crippen LogP contribution in [0.4, 0.5) is 0 Å². The summed E-state index contributed by atoms with van der Waals surface area (Å²) in [4.78, 5) is 4.66. The van der Waals surface area contributed by atoms with Crippen LogP contribution in [0.25, 0.3) is 0 Å². The Hall–Kier alpha value is -1.55. The Morgan fingerprint density at radius 2 is 1.87 bits per heavy atom. The fraction of sp³-hybridized carbons (Fsp3) is 0.632. The Balaban J connectivity index is 2.58. The van der Waals surface area contributed by atoms with Crippen LogP contribution >= 0.6 is 0 Å². The van der Waals surface area contributed by atoms with E-state index in [1.807, 2.05) is 0 Å². The summed E-state index contributed by atoms with van der Waals surface area (Å²) in [5.74, 6) is 1.96. The van der Waals surface area contributed by atoms with Crippen LogP contribution in [-0.4, -0.2) is 30.8 Å². The standard InChI is InChI=1S/C19H33N3O/c1-5-20-19(21-13-17-8-6-16(4)7-9-17)22-14-18(10-11-23)12-15(2)3/h6-9,15,18,23H,5,10-14H2,1-4H3,(H2,20,21,22). The van der Waals surface area contributed by atoms with Gasteiger partial charge < -0.3 is 15.7 Å². The lowest BCUT2D eigenvalue weighted by molar-refractivity contribution is 0.243. The predicted molar refractivity (Wildman–Crippen MR) is 98.6 cm³/mol. The number of aliphatic imine (C=N–C) groups is 1. The van der Waals surface area contributed by atoms with Crippen LogP contribution in [0.5, 0.6) is 0 Å². The number of aryl methyl sites for hydroxylation is 1. The van der Waals surface area contributed by atoms with Gasteiger partial charge in [0.25, 0.3) is 0 Å². The van der Waals surface area contributed by atoms with E-state index in [0.717, 1.165) is 31.9 Å². The zero-order valence-electron chi connectivity index (χ0n) is 15.1. The normalized spacial score (nSPS) is 13.2. The van der Waals surface area contributed by atoms with Gasteiger partial charge in [0.05, 0.1) is 6.54 Å². The molecule has 0 amide bonds. The van der Waals surface area contributed by atoms with E-state index in [0.29, 0.717) is 18.4 Å². The number of guanidine groups is 1. The van der Waals surface area contributed by atoms with Gasteiger partial charge in [0, 0.05) is 19.7 Å². The minimum atomic E-state index is 0.246. The second kappa shape index (κ2) is 11.1. The van der Waals surface area contributed by atoms with E-state index in [1.165, 1.54) is 11.1 Å². The Labute approximate surface area is 141 Å². The molecule has 1 unspecified atom stereocenters. The first-order valence-corrected chi connectivity index (χ1v) is 8.73. The summed E-state index contributed by atoms with van der Waals surface area (Å²) in [6.07, 6.45) is 1.95. The summed E-state index contributed by atoms with van der Waals surface area (Å²) < 4.78 is 0. The van der Waals surface area contributed by atoms with Crippen molar-refractivity contribution >= 4 is 5.96 Å². The summed E-state index contributed by atoms with van der Waals surface area (Å²) in [5, 5.41) is 15.9. The average Bonchev–Trinajstić information content (AvgIpc) is 2.51. The Morgan fingerprint density at radius 3 is 2.43 bits per heavy atom. The number of aliphatic hydroxyl groups is 1. The van der Waals surface area contributed by atoms with Crippen LogP contribution in [0.1, 0.15) is 44.7 Å². The number of nitrogens with one attached hydrogen (secondary N) is 2. The molecule has 0 aliphatic carbocycles. The summed E-state index contributed by atoms with van der Waals surface area (Å²) in [6.45, 7) is 11.2. The average molecular weight is 319 g/mol. The fourth-order valence-electron chi connectivity index (χ4n) is 2.60. The highest BCUT2D eigenvalue weighted by Crippen LogP contribution is 2.14. The SMILES string of the molecule is CCNC(=NCc1ccc(C)cc1)NCC(CCO)CC(C)C. The van der Waals surface area contributed by atoms with Crippen LogP contribution in [0.2, 0.25) is 0 Å². The Morgan fingerprint density at radius 1 is 1.17 bits per heavy atom. The third kappa shape index (κ3) is 8.60. The second-order valence-corrected chi connectivity index (χ2v) is 6.57. The molecule has 0 radical (unpaired) electrons. The fourth-order valence-corrected chi connectivity index (χ4v) is 2.60. The maximum atomic E-state index is 9.22. The van der Waals surface area contributed by atoms with Gasteiger partial charge in [-0.05, 0) is 44.1 Å². The van der Waals surface area contributed by atoms with Crippen molar-refractivity contribution in [3.8, 4) is 0 Å². The van der Waals surface area contributed by atoms with Gasteiger partial charge in [-0.25, -0.2) is 4.99 Å². The zero-order chi connectivity index (χ0) is 17.1. The Kier molecular flexibility index (Phi) is 9.37. The van der Waals surface area contributed by atoms with Gasteiger partial charge in [0.2, 0.25) is 0 Å². The molecule has 1 aromatic carbocycles. The van der Waals surface area contributed by atoms with Gasteiger partial charge >= 0.3 is 0 Å². The lowest BCUT2D eigenvalue weighted by Gasteiger charge is -2.20. The maximum Gasteiger partial charge on any atom is 0.191 e. The number of aliphatic hydroxyl groups excluding tert-OH is 1. The molecule has 0 spiro atoms. The molecule has 130 valence electrons. The molecule has 0 fully saturated rings. The molecule has 4 heteroatoms. The molecule has 23 heavy (non-hydrogen) atoms. The summed E-state index contributed by atoms with van der Waals surface area (Å²) >= 11 is 0. The van der Waals surface area contributed by atoms with Crippen molar-refractivity contribution < 1.29 is 5.11 Å².